The van der Waals surface area contributed by atoms with Gasteiger partial charge < -0.3 is 14.6 Å². The van der Waals surface area contributed by atoms with Crippen molar-refractivity contribution in [2.75, 3.05) is 19.6 Å². The minimum Gasteiger partial charge on any atom is -0.446 e. The standard InChI is InChI=1S/C26H34F4N4O2/c1-18-31-17-22(36-18)16-24(35)33-21-4-9-25(27,10-5-21)12-15-34-13-7-19-2-3-20(6-11-26(28,29)30)32-23(19)8-14-34/h2-3,17,21H,4-16H2,1H3,(H,33,35)/t21-,25+. The summed E-state index contributed by atoms with van der Waals surface area (Å²) < 4.78 is 58.5. The normalized spacial score (nSPS) is 23.2. The number of amides is 1. The van der Waals surface area contributed by atoms with E-state index in [-0.39, 0.29) is 24.8 Å². The fourth-order valence-electron chi connectivity index (χ4n) is 5.12. The van der Waals surface area contributed by atoms with E-state index in [9.17, 15) is 18.0 Å². The monoisotopic (exact) mass is 510 g/mol. The van der Waals surface area contributed by atoms with Crippen LogP contribution in [-0.4, -0.2) is 58.3 Å². The first-order valence-corrected chi connectivity index (χ1v) is 12.7. The van der Waals surface area contributed by atoms with Crippen LogP contribution in [0.25, 0.3) is 0 Å². The van der Waals surface area contributed by atoms with E-state index in [0.717, 1.165) is 30.8 Å². The Morgan fingerprint density at radius 1 is 1.22 bits per heavy atom. The second kappa shape index (κ2) is 11.3. The van der Waals surface area contributed by atoms with Crippen molar-refractivity contribution in [2.45, 2.75) is 89.0 Å². The summed E-state index contributed by atoms with van der Waals surface area (Å²) in [4.78, 5) is 23.0. The molecule has 0 aromatic carbocycles. The lowest BCUT2D eigenvalue weighted by atomic mass is 9.81. The number of fused-ring (bicyclic) bond motifs is 1. The highest BCUT2D eigenvalue weighted by molar-refractivity contribution is 5.78. The number of nitrogens with zero attached hydrogens (tertiary/aromatic N) is 3. The van der Waals surface area contributed by atoms with Crippen molar-refractivity contribution in [2.24, 2.45) is 0 Å². The summed E-state index contributed by atoms with van der Waals surface area (Å²) in [6, 6.07) is 3.56. The molecule has 1 fully saturated rings. The van der Waals surface area contributed by atoms with Crippen molar-refractivity contribution in [3.05, 3.63) is 46.9 Å². The van der Waals surface area contributed by atoms with Gasteiger partial charge in [0.25, 0.3) is 0 Å². The molecule has 1 aliphatic heterocycles. The van der Waals surface area contributed by atoms with E-state index in [4.69, 9.17) is 4.42 Å². The number of hydrogen-bond acceptors (Lipinski definition) is 5. The number of oxazole rings is 1. The van der Waals surface area contributed by atoms with Crippen LogP contribution in [0.2, 0.25) is 0 Å². The topological polar surface area (TPSA) is 71.3 Å². The van der Waals surface area contributed by atoms with Gasteiger partial charge in [0, 0.05) is 56.8 Å². The molecule has 198 valence electrons. The first-order chi connectivity index (χ1) is 17.1. The van der Waals surface area contributed by atoms with Crippen LogP contribution in [0, 0.1) is 6.92 Å². The molecule has 0 saturated heterocycles. The molecule has 2 aliphatic rings. The maximum atomic E-state index is 15.5. The van der Waals surface area contributed by atoms with Crippen LogP contribution in [0.4, 0.5) is 17.6 Å². The van der Waals surface area contributed by atoms with Crippen LogP contribution in [-0.2, 0) is 30.5 Å². The minimum atomic E-state index is -4.19. The second-order valence-corrected chi connectivity index (χ2v) is 10.1. The van der Waals surface area contributed by atoms with Gasteiger partial charge in [0.1, 0.15) is 11.4 Å². The molecule has 1 amide bonds. The van der Waals surface area contributed by atoms with Gasteiger partial charge in [-0.3, -0.25) is 9.78 Å². The number of nitrogens with one attached hydrogen (secondary N) is 1. The van der Waals surface area contributed by atoms with E-state index in [2.05, 4.69) is 20.2 Å². The number of aryl methyl sites for hydroxylation is 2. The summed E-state index contributed by atoms with van der Waals surface area (Å²) in [6.45, 7) is 3.86. The zero-order chi connectivity index (χ0) is 25.8. The minimum absolute atomic E-state index is 0.0318. The van der Waals surface area contributed by atoms with Crippen molar-refractivity contribution in [3.8, 4) is 0 Å². The Labute approximate surface area is 208 Å². The van der Waals surface area contributed by atoms with E-state index >= 15 is 4.39 Å². The Hall–Kier alpha value is -2.49. The third-order valence-corrected chi connectivity index (χ3v) is 7.28. The molecule has 3 heterocycles. The molecule has 10 heteroatoms. The molecule has 2 aromatic rings. The average molecular weight is 511 g/mol. The molecule has 0 atom stereocenters. The van der Waals surface area contributed by atoms with Gasteiger partial charge in [-0.2, -0.15) is 13.2 Å². The molecule has 6 nitrogen and oxygen atoms in total. The summed E-state index contributed by atoms with van der Waals surface area (Å²) in [7, 11) is 0. The van der Waals surface area contributed by atoms with E-state index in [1.54, 1.807) is 19.2 Å². The van der Waals surface area contributed by atoms with Crippen LogP contribution < -0.4 is 5.32 Å². The van der Waals surface area contributed by atoms with Crippen molar-refractivity contribution in [1.82, 2.24) is 20.2 Å². The van der Waals surface area contributed by atoms with Gasteiger partial charge in [-0.15, -0.1) is 0 Å². The lowest BCUT2D eigenvalue weighted by molar-refractivity contribution is -0.134. The number of halogens is 4. The molecule has 4 rings (SSSR count). The highest BCUT2D eigenvalue weighted by atomic mass is 19.4. The van der Waals surface area contributed by atoms with Crippen LogP contribution in [0.15, 0.2) is 22.7 Å². The molecule has 1 N–H and O–H groups in total. The Bertz CT molecular complexity index is 1030. The molecule has 0 spiro atoms. The molecule has 0 bridgehead atoms. The Morgan fingerprint density at radius 3 is 2.67 bits per heavy atom. The third kappa shape index (κ3) is 7.75. The van der Waals surface area contributed by atoms with Gasteiger partial charge in [0.15, 0.2) is 5.89 Å². The Balaban J connectivity index is 1.19. The van der Waals surface area contributed by atoms with Crippen molar-refractivity contribution < 1.29 is 26.8 Å². The van der Waals surface area contributed by atoms with Gasteiger partial charge in [-0.1, -0.05) is 6.07 Å². The quantitative estimate of drug-likeness (QED) is 0.523. The van der Waals surface area contributed by atoms with Crippen LogP contribution in [0.5, 0.6) is 0 Å². The van der Waals surface area contributed by atoms with Gasteiger partial charge in [0.2, 0.25) is 5.91 Å². The molecule has 1 saturated carbocycles. The largest absolute Gasteiger partial charge is 0.446 e. The van der Waals surface area contributed by atoms with Crippen molar-refractivity contribution >= 4 is 5.91 Å². The number of hydrogen-bond donors (Lipinski definition) is 1. The molecule has 0 unspecified atom stereocenters. The van der Waals surface area contributed by atoms with Crippen LogP contribution in [0.3, 0.4) is 0 Å². The summed E-state index contributed by atoms with van der Waals surface area (Å²) in [6.07, 6.45) is 0.423. The fraction of sp³-hybridized carbons (Fsp3) is 0.654. The highest BCUT2D eigenvalue weighted by Crippen LogP contribution is 2.35. The predicted octanol–water partition coefficient (Wildman–Crippen LogP) is 4.67. The summed E-state index contributed by atoms with van der Waals surface area (Å²) in [5, 5.41) is 2.99. The SMILES string of the molecule is Cc1ncc(CC(=O)N[C@H]2CC[C@](F)(CCN3CCc4ccc(CCC(F)(F)F)nc4CC3)CC2)o1. The van der Waals surface area contributed by atoms with Gasteiger partial charge in [-0.25, -0.2) is 9.37 Å². The predicted molar refractivity (Wildman–Crippen MR) is 126 cm³/mol. The molecular formula is C26H34F4N4O2. The number of carbonyl (C=O) groups excluding carboxylic acids is 1. The van der Waals surface area contributed by atoms with E-state index < -0.39 is 18.3 Å². The van der Waals surface area contributed by atoms with Crippen molar-refractivity contribution in [3.63, 3.8) is 0 Å². The zero-order valence-corrected chi connectivity index (χ0v) is 20.7. The van der Waals surface area contributed by atoms with E-state index in [1.807, 2.05) is 6.07 Å². The molecule has 2 aromatic heterocycles. The smallest absolute Gasteiger partial charge is 0.389 e. The lowest BCUT2D eigenvalue weighted by Gasteiger charge is -2.35. The van der Waals surface area contributed by atoms with Crippen LogP contribution >= 0.6 is 0 Å². The highest BCUT2D eigenvalue weighted by Gasteiger charge is 2.36. The summed E-state index contributed by atoms with van der Waals surface area (Å²) in [5.41, 5.74) is 1.16. The summed E-state index contributed by atoms with van der Waals surface area (Å²) in [5.74, 6) is 0.905. The number of aromatic nitrogens is 2. The first-order valence-electron chi connectivity index (χ1n) is 12.7. The number of pyridine rings is 1. The van der Waals surface area contributed by atoms with Gasteiger partial charge >= 0.3 is 6.18 Å². The maximum absolute atomic E-state index is 15.5. The first kappa shape index (κ1) is 26.6. The lowest BCUT2D eigenvalue weighted by Crippen LogP contribution is -2.43. The number of carbonyl (C=O) groups is 1. The molecule has 0 radical (unpaired) electrons. The van der Waals surface area contributed by atoms with Gasteiger partial charge in [0.05, 0.1) is 12.6 Å². The van der Waals surface area contributed by atoms with Gasteiger partial charge in [-0.05, 0) is 56.6 Å². The average Bonchev–Trinajstić information content (AvgIpc) is 3.11. The van der Waals surface area contributed by atoms with Crippen LogP contribution in [0.1, 0.15) is 67.1 Å². The fourth-order valence-corrected chi connectivity index (χ4v) is 5.12. The van der Waals surface area contributed by atoms with Crippen molar-refractivity contribution in [1.29, 1.82) is 0 Å². The maximum Gasteiger partial charge on any atom is 0.389 e. The Kier molecular flexibility index (Phi) is 8.32. The number of alkyl halides is 4. The molecule has 36 heavy (non-hydrogen) atoms. The zero-order valence-electron chi connectivity index (χ0n) is 20.7. The molecule has 1 aliphatic carbocycles. The summed E-state index contributed by atoms with van der Waals surface area (Å²) >= 11 is 0. The Morgan fingerprint density at radius 2 is 1.97 bits per heavy atom. The van der Waals surface area contributed by atoms with E-state index in [0.29, 0.717) is 62.4 Å². The second-order valence-electron chi connectivity index (χ2n) is 10.1. The third-order valence-electron chi connectivity index (χ3n) is 7.28. The number of rotatable bonds is 8. The molecular weight excluding hydrogens is 476 g/mol. The van der Waals surface area contributed by atoms with E-state index in [1.165, 1.54) is 0 Å².